The van der Waals surface area contributed by atoms with Crippen molar-refractivity contribution in [1.29, 1.82) is 0 Å². The van der Waals surface area contributed by atoms with Crippen molar-refractivity contribution in [3.05, 3.63) is 51.7 Å². The van der Waals surface area contributed by atoms with Crippen LogP contribution in [0.1, 0.15) is 22.5 Å². The second kappa shape index (κ2) is 8.41. The highest BCUT2D eigenvalue weighted by Gasteiger charge is 2.38. The summed E-state index contributed by atoms with van der Waals surface area (Å²) in [5.41, 5.74) is 0. The summed E-state index contributed by atoms with van der Waals surface area (Å²) >= 11 is 7.44. The molecule has 1 aromatic carbocycles. The maximum absolute atomic E-state index is 12.6. The molecule has 2 amide bonds. The van der Waals surface area contributed by atoms with Crippen molar-refractivity contribution < 1.29 is 19.1 Å². The number of carbonyl (C=O) groups is 2. The van der Waals surface area contributed by atoms with E-state index in [9.17, 15) is 9.59 Å². The van der Waals surface area contributed by atoms with Gasteiger partial charge < -0.3 is 19.3 Å². The van der Waals surface area contributed by atoms with Crippen LogP contribution in [0.4, 0.5) is 4.79 Å². The van der Waals surface area contributed by atoms with Gasteiger partial charge in [0.25, 0.3) is 5.91 Å². The molecular formula is C20H21ClN2O4S. The first-order chi connectivity index (χ1) is 13.6. The summed E-state index contributed by atoms with van der Waals surface area (Å²) in [4.78, 5) is 29.0. The van der Waals surface area contributed by atoms with Gasteiger partial charge in [-0.1, -0.05) is 29.8 Å². The third-order valence-electron chi connectivity index (χ3n) is 5.09. The Hall–Kier alpha value is -2.25. The molecule has 1 aromatic heterocycles. The van der Waals surface area contributed by atoms with Gasteiger partial charge in [-0.3, -0.25) is 4.79 Å². The van der Waals surface area contributed by atoms with E-state index in [0.717, 1.165) is 18.6 Å². The molecule has 0 N–H and O–H groups in total. The molecule has 28 heavy (non-hydrogen) atoms. The number of nitrogens with zero attached hydrogens (tertiary/aromatic N) is 2. The number of carbonyl (C=O) groups excluding carboxylic acids is 2. The number of likely N-dealkylation sites (tertiary alicyclic amines) is 1. The fourth-order valence-electron chi connectivity index (χ4n) is 3.60. The Morgan fingerprint density at radius 3 is 2.64 bits per heavy atom. The first kappa shape index (κ1) is 19.1. The maximum atomic E-state index is 12.6. The molecule has 2 fully saturated rings. The standard InChI is InChI=1S/C20H21ClN2O4S/c21-17-8-11-28-18(17)19(24)22-9-6-14(7-10-22)23-12-16(27-20(23)25)13-26-15-4-2-1-3-5-15/h1-5,8,11,14,16H,6-7,9-10,12-13H2. The van der Waals surface area contributed by atoms with Crippen LogP contribution in [0.25, 0.3) is 0 Å². The fraction of sp³-hybridized carbons (Fsp3) is 0.400. The maximum Gasteiger partial charge on any atom is 0.410 e. The smallest absolute Gasteiger partial charge is 0.410 e. The molecule has 1 unspecified atom stereocenters. The summed E-state index contributed by atoms with van der Waals surface area (Å²) in [6.45, 7) is 2.06. The second-order valence-corrected chi connectivity index (χ2v) is 8.23. The van der Waals surface area contributed by atoms with E-state index in [1.165, 1.54) is 11.3 Å². The quantitative estimate of drug-likeness (QED) is 0.735. The first-order valence-electron chi connectivity index (χ1n) is 9.29. The molecule has 8 heteroatoms. The molecule has 2 aromatic rings. The van der Waals surface area contributed by atoms with E-state index < -0.39 is 0 Å². The largest absolute Gasteiger partial charge is 0.490 e. The monoisotopic (exact) mass is 420 g/mol. The number of piperidine rings is 1. The van der Waals surface area contributed by atoms with Crippen LogP contribution in [0.3, 0.4) is 0 Å². The predicted octanol–water partition coefficient (Wildman–Crippen LogP) is 3.91. The van der Waals surface area contributed by atoms with Crippen molar-refractivity contribution in [3.63, 3.8) is 0 Å². The molecule has 2 saturated heterocycles. The lowest BCUT2D eigenvalue weighted by atomic mass is 10.0. The number of cyclic esters (lactones) is 1. The van der Waals surface area contributed by atoms with Crippen molar-refractivity contribution in [3.8, 4) is 5.75 Å². The van der Waals surface area contributed by atoms with Gasteiger partial charge in [0.05, 0.1) is 11.6 Å². The van der Waals surface area contributed by atoms with Gasteiger partial charge in [0.15, 0.2) is 6.10 Å². The van der Waals surface area contributed by atoms with Crippen LogP contribution >= 0.6 is 22.9 Å². The number of hydrogen-bond acceptors (Lipinski definition) is 5. The minimum absolute atomic E-state index is 0.0309. The molecule has 0 saturated carbocycles. The average molecular weight is 421 g/mol. The van der Waals surface area contributed by atoms with Gasteiger partial charge in [0.2, 0.25) is 0 Å². The number of thiophene rings is 1. The summed E-state index contributed by atoms with van der Waals surface area (Å²) < 4.78 is 11.2. The molecule has 148 valence electrons. The number of benzene rings is 1. The van der Waals surface area contributed by atoms with Crippen molar-refractivity contribution in [1.82, 2.24) is 9.80 Å². The minimum atomic E-state index is -0.298. The van der Waals surface area contributed by atoms with Crippen LogP contribution in [-0.2, 0) is 4.74 Å². The molecule has 2 aliphatic rings. The van der Waals surface area contributed by atoms with Crippen LogP contribution in [0.2, 0.25) is 5.02 Å². The zero-order chi connectivity index (χ0) is 19.5. The Morgan fingerprint density at radius 1 is 1.21 bits per heavy atom. The molecule has 2 aliphatic heterocycles. The molecule has 3 heterocycles. The van der Waals surface area contributed by atoms with Gasteiger partial charge in [-0.05, 0) is 36.4 Å². The van der Waals surface area contributed by atoms with E-state index >= 15 is 0 Å². The molecule has 0 aliphatic carbocycles. The van der Waals surface area contributed by atoms with Crippen molar-refractivity contribution in [2.45, 2.75) is 25.0 Å². The number of hydrogen-bond donors (Lipinski definition) is 0. The summed E-state index contributed by atoms with van der Waals surface area (Å²) in [7, 11) is 0. The van der Waals surface area contributed by atoms with Gasteiger partial charge in [0.1, 0.15) is 17.2 Å². The van der Waals surface area contributed by atoms with Crippen LogP contribution < -0.4 is 4.74 Å². The second-order valence-electron chi connectivity index (χ2n) is 6.90. The molecule has 0 radical (unpaired) electrons. The van der Waals surface area contributed by atoms with E-state index in [0.29, 0.717) is 36.1 Å². The Morgan fingerprint density at radius 2 is 1.96 bits per heavy atom. The Kier molecular flexibility index (Phi) is 5.73. The Balaban J connectivity index is 1.28. The summed E-state index contributed by atoms with van der Waals surface area (Å²) in [6.07, 6.45) is 0.886. The van der Waals surface area contributed by atoms with Gasteiger partial charge in [-0.15, -0.1) is 11.3 Å². The summed E-state index contributed by atoms with van der Waals surface area (Å²) in [5, 5.41) is 2.32. The molecule has 4 rings (SSSR count). The van der Waals surface area contributed by atoms with Gasteiger partial charge >= 0.3 is 6.09 Å². The lowest BCUT2D eigenvalue weighted by Gasteiger charge is -2.35. The fourth-order valence-corrected chi connectivity index (χ4v) is 4.71. The Labute approximate surface area is 172 Å². The number of ether oxygens (including phenoxy) is 2. The third-order valence-corrected chi connectivity index (χ3v) is 6.41. The molecule has 0 bridgehead atoms. The van der Waals surface area contributed by atoms with Crippen molar-refractivity contribution >= 4 is 34.9 Å². The van der Waals surface area contributed by atoms with E-state index in [4.69, 9.17) is 21.1 Å². The summed E-state index contributed by atoms with van der Waals surface area (Å²) in [5.74, 6) is 0.729. The summed E-state index contributed by atoms with van der Waals surface area (Å²) in [6, 6.07) is 11.3. The van der Waals surface area contributed by atoms with E-state index in [2.05, 4.69) is 0 Å². The number of halogens is 1. The normalized spacial score (nSPS) is 20.3. The third kappa shape index (κ3) is 4.10. The number of amides is 2. The highest BCUT2D eigenvalue weighted by molar-refractivity contribution is 7.12. The van der Waals surface area contributed by atoms with Crippen LogP contribution in [0.15, 0.2) is 41.8 Å². The van der Waals surface area contributed by atoms with E-state index in [1.54, 1.807) is 11.0 Å². The molecule has 6 nitrogen and oxygen atoms in total. The van der Waals surface area contributed by atoms with Crippen molar-refractivity contribution in [2.75, 3.05) is 26.2 Å². The van der Waals surface area contributed by atoms with Crippen molar-refractivity contribution in [2.24, 2.45) is 0 Å². The van der Waals surface area contributed by atoms with Crippen LogP contribution in [0, 0.1) is 0 Å². The molecule has 0 spiro atoms. The molecular weight excluding hydrogens is 400 g/mol. The van der Waals surface area contributed by atoms with Gasteiger partial charge in [0, 0.05) is 19.1 Å². The van der Waals surface area contributed by atoms with Crippen LogP contribution in [-0.4, -0.2) is 60.2 Å². The van der Waals surface area contributed by atoms with E-state index in [-0.39, 0.29) is 24.1 Å². The lowest BCUT2D eigenvalue weighted by molar-refractivity contribution is 0.0663. The minimum Gasteiger partial charge on any atom is -0.490 e. The number of para-hydroxylation sites is 1. The lowest BCUT2D eigenvalue weighted by Crippen LogP contribution is -2.47. The average Bonchev–Trinajstić information content (AvgIpc) is 3.32. The SMILES string of the molecule is O=C(c1sccc1Cl)N1CCC(N2CC(COc3ccccc3)OC2=O)CC1. The van der Waals surface area contributed by atoms with Crippen LogP contribution in [0.5, 0.6) is 5.75 Å². The zero-order valence-corrected chi connectivity index (χ0v) is 16.8. The first-order valence-corrected chi connectivity index (χ1v) is 10.5. The highest BCUT2D eigenvalue weighted by Crippen LogP contribution is 2.27. The van der Waals surface area contributed by atoms with Gasteiger partial charge in [-0.25, -0.2) is 4.79 Å². The highest BCUT2D eigenvalue weighted by atomic mass is 35.5. The van der Waals surface area contributed by atoms with Gasteiger partial charge in [-0.2, -0.15) is 0 Å². The van der Waals surface area contributed by atoms with E-state index in [1.807, 2.05) is 40.6 Å². The molecule has 1 atom stereocenters. The zero-order valence-electron chi connectivity index (χ0n) is 15.3. The predicted molar refractivity (Wildman–Crippen MR) is 107 cm³/mol. The topological polar surface area (TPSA) is 59.1 Å². The number of rotatable bonds is 5. The Bertz CT molecular complexity index is 836.